The summed E-state index contributed by atoms with van der Waals surface area (Å²) in [5, 5.41) is 7.04. The molecule has 4 rings (SSSR count). The number of nitrogens with zero attached hydrogens (tertiary/aromatic N) is 6. The molecule has 12 nitrogen and oxygen atoms in total. The summed E-state index contributed by atoms with van der Waals surface area (Å²) in [4.78, 5) is 53.2. The van der Waals surface area contributed by atoms with Gasteiger partial charge in [0.1, 0.15) is 12.4 Å². The van der Waals surface area contributed by atoms with Crippen molar-refractivity contribution in [2.75, 3.05) is 11.9 Å². The summed E-state index contributed by atoms with van der Waals surface area (Å²) in [6.45, 7) is 0.921. The molecule has 3 heterocycles. The number of hydrogen-bond donors (Lipinski definition) is 1. The van der Waals surface area contributed by atoms with Crippen LogP contribution in [-0.2, 0) is 35.0 Å². The van der Waals surface area contributed by atoms with Crippen molar-refractivity contribution in [3.8, 4) is 5.69 Å². The number of rotatable bonds is 6. The lowest BCUT2D eigenvalue weighted by atomic mass is 10.3. The maximum absolute atomic E-state index is 12.4. The molecule has 0 unspecified atom stereocenters. The second-order valence-electron chi connectivity index (χ2n) is 7.38. The summed E-state index contributed by atoms with van der Waals surface area (Å²) >= 11 is 0. The lowest BCUT2D eigenvalue weighted by molar-refractivity contribution is -0.147. The highest BCUT2D eigenvalue weighted by Crippen LogP contribution is 2.16. The Labute approximate surface area is 186 Å². The molecule has 1 aromatic carbocycles. The van der Waals surface area contributed by atoms with Gasteiger partial charge in [0.2, 0.25) is 0 Å². The van der Waals surface area contributed by atoms with Gasteiger partial charge in [-0.1, -0.05) is 18.2 Å². The summed E-state index contributed by atoms with van der Waals surface area (Å²) in [5.41, 5.74) is 0.596. The lowest BCUT2D eigenvalue weighted by Gasteiger charge is -2.10. The molecule has 4 aromatic rings. The van der Waals surface area contributed by atoms with Gasteiger partial charge in [-0.25, -0.2) is 14.5 Å². The Hall–Kier alpha value is -4.48. The van der Waals surface area contributed by atoms with Gasteiger partial charge in [-0.15, -0.1) is 0 Å². The van der Waals surface area contributed by atoms with E-state index in [1.807, 2.05) is 30.3 Å². The van der Waals surface area contributed by atoms with E-state index in [0.29, 0.717) is 11.5 Å². The van der Waals surface area contributed by atoms with Crippen molar-refractivity contribution in [3.05, 3.63) is 69.3 Å². The predicted octanol–water partition coefficient (Wildman–Crippen LogP) is 0.110. The Morgan fingerprint density at radius 1 is 1.09 bits per heavy atom. The molecule has 1 amide bonds. The molecule has 0 atom stereocenters. The molecule has 0 aliphatic carbocycles. The molecular weight excluding hydrogens is 430 g/mol. The number of amides is 1. The number of imidazole rings is 1. The third-order valence-corrected chi connectivity index (χ3v) is 4.98. The van der Waals surface area contributed by atoms with Crippen LogP contribution in [0.4, 0.5) is 5.82 Å². The first kappa shape index (κ1) is 21.7. The Kier molecular flexibility index (Phi) is 5.65. The Balaban J connectivity index is 1.43. The SMILES string of the molecule is Cc1cc(NC(=O)COC(=O)Cn2cnc3c2c(=O)n(C)c(=O)n3C)n(-c2ccccc2)n1. The van der Waals surface area contributed by atoms with Gasteiger partial charge in [-0.2, -0.15) is 5.10 Å². The summed E-state index contributed by atoms with van der Waals surface area (Å²) in [7, 11) is 2.82. The van der Waals surface area contributed by atoms with Crippen LogP contribution in [0.15, 0.2) is 52.3 Å². The molecule has 0 fully saturated rings. The van der Waals surface area contributed by atoms with E-state index in [1.54, 1.807) is 17.7 Å². The molecular formula is C21H21N7O5. The van der Waals surface area contributed by atoms with Crippen LogP contribution < -0.4 is 16.6 Å². The van der Waals surface area contributed by atoms with Crippen LogP contribution >= 0.6 is 0 Å². The van der Waals surface area contributed by atoms with Crippen LogP contribution in [0.1, 0.15) is 5.69 Å². The number of carbonyl (C=O) groups excluding carboxylic acids is 2. The fourth-order valence-corrected chi connectivity index (χ4v) is 3.38. The van der Waals surface area contributed by atoms with E-state index < -0.39 is 29.7 Å². The first-order chi connectivity index (χ1) is 15.8. The van der Waals surface area contributed by atoms with Crippen LogP contribution in [0.25, 0.3) is 16.9 Å². The van der Waals surface area contributed by atoms with Crippen LogP contribution in [-0.4, -0.2) is 46.9 Å². The summed E-state index contributed by atoms with van der Waals surface area (Å²) in [5.74, 6) is -0.855. The Morgan fingerprint density at radius 2 is 1.82 bits per heavy atom. The number of benzene rings is 1. The van der Waals surface area contributed by atoms with Gasteiger partial charge in [-0.3, -0.25) is 23.5 Å². The third-order valence-electron chi connectivity index (χ3n) is 4.98. The Bertz CT molecular complexity index is 1480. The molecule has 0 saturated carbocycles. The maximum atomic E-state index is 12.4. The molecule has 0 saturated heterocycles. The first-order valence-electron chi connectivity index (χ1n) is 9.94. The molecule has 170 valence electrons. The molecule has 0 aliphatic heterocycles. The van der Waals surface area contributed by atoms with Crippen LogP contribution in [0, 0.1) is 6.92 Å². The number of aryl methyl sites for hydroxylation is 2. The summed E-state index contributed by atoms with van der Waals surface area (Å²) in [6, 6.07) is 11.0. The summed E-state index contributed by atoms with van der Waals surface area (Å²) < 4.78 is 10.1. The van der Waals surface area contributed by atoms with Crippen molar-refractivity contribution < 1.29 is 14.3 Å². The highest BCUT2D eigenvalue weighted by molar-refractivity contribution is 5.92. The minimum Gasteiger partial charge on any atom is -0.454 e. The molecule has 3 aromatic heterocycles. The predicted molar refractivity (Wildman–Crippen MR) is 118 cm³/mol. The maximum Gasteiger partial charge on any atom is 0.332 e. The second kappa shape index (κ2) is 8.57. The van der Waals surface area contributed by atoms with Crippen molar-refractivity contribution in [3.63, 3.8) is 0 Å². The smallest absolute Gasteiger partial charge is 0.332 e. The van der Waals surface area contributed by atoms with Crippen LogP contribution in [0.2, 0.25) is 0 Å². The quantitative estimate of drug-likeness (QED) is 0.411. The van der Waals surface area contributed by atoms with Crippen LogP contribution in [0.5, 0.6) is 0 Å². The van der Waals surface area contributed by atoms with Crippen molar-refractivity contribution >= 4 is 28.9 Å². The van der Waals surface area contributed by atoms with Gasteiger partial charge < -0.3 is 14.6 Å². The number of esters is 1. The number of fused-ring (bicyclic) bond motifs is 1. The fourth-order valence-electron chi connectivity index (χ4n) is 3.38. The zero-order chi connectivity index (χ0) is 23.7. The van der Waals surface area contributed by atoms with Gasteiger partial charge in [0.05, 0.1) is 17.7 Å². The van der Waals surface area contributed by atoms with Gasteiger partial charge in [0.15, 0.2) is 17.8 Å². The van der Waals surface area contributed by atoms with Crippen molar-refractivity contribution in [1.29, 1.82) is 0 Å². The molecule has 0 aliphatic rings. The van der Waals surface area contributed by atoms with Gasteiger partial charge in [-0.05, 0) is 19.1 Å². The normalized spacial score (nSPS) is 11.0. The topological polar surface area (TPSA) is 135 Å². The monoisotopic (exact) mass is 451 g/mol. The number of nitrogens with one attached hydrogen (secondary N) is 1. The van der Waals surface area contributed by atoms with E-state index in [1.165, 1.54) is 29.6 Å². The van der Waals surface area contributed by atoms with E-state index in [0.717, 1.165) is 10.3 Å². The number of ether oxygens (including phenoxy) is 1. The number of anilines is 1. The molecule has 0 bridgehead atoms. The van der Waals surface area contributed by atoms with E-state index in [-0.39, 0.29) is 17.7 Å². The zero-order valence-corrected chi connectivity index (χ0v) is 18.2. The van der Waals surface area contributed by atoms with Crippen molar-refractivity contribution in [1.82, 2.24) is 28.5 Å². The number of aromatic nitrogens is 6. The lowest BCUT2D eigenvalue weighted by Crippen LogP contribution is -2.37. The minimum absolute atomic E-state index is 0.0863. The third kappa shape index (κ3) is 4.18. The van der Waals surface area contributed by atoms with Gasteiger partial charge >= 0.3 is 11.7 Å². The highest BCUT2D eigenvalue weighted by Gasteiger charge is 2.17. The van der Waals surface area contributed by atoms with E-state index in [4.69, 9.17) is 4.74 Å². The van der Waals surface area contributed by atoms with Crippen LogP contribution in [0.3, 0.4) is 0 Å². The molecule has 12 heteroatoms. The van der Waals surface area contributed by atoms with E-state index in [2.05, 4.69) is 15.4 Å². The average Bonchev–Trinajstić information content (AvgIpc) is 3.38. The van der Waals surface area contributed by atoms with E-state index >= 15 is 0 Å². The molecule has 1 N–H and O–H groups in total. The number of para-hydroxylation sites is 1. The largest absolute Gasteiger partial charge is 0.454 e. The summed E-state index contributed by atoms with van der Waals surface area (Å²) in [6.07, 6.45) is 1.27. The first-order valence-corrected chi connectivity index (χ1v) is 9.94. The molecule has 0 radical (unpaired) electrons. The van der Waals surface area contributed by atoms with Crippen molar-refractivity contribution in [2.45, 2.75) is 13.5 Å². The second-order valence-corrected chi connectivity index (χ2v) is 7.38. The van der Waals surface area contributed by atoms with Crippen molar-refractivity contribution in [2.24, 2.45) is 14.1 Å². The van der Waals surface area contributed by atoms with Gasteiger partial charge in [0.25, 0.3) is 11.5 Å². The minimum atomic E-state index is -0.742. The highest BCUT2D eigenvalue weighted by atomic mass is 16.5. The standard InChI is InChI=1S/C21H21N7O5/c1-13-9-15(28(24-13)14-7-5-4-6-8-14)23-16(29)11-33-17(30)10-27-12-22-19-18(27)20(31)26(3)21(32)25(19)2/h4-9,12H,10-11H2,1-3H3,(H,23,29). The van der Waals surface area contributed by atoms with E-state index in [9.17, 15) is 19.2 Å². The molecule has 0 spiro atoms. The Morgan fingerprint density at radius 3 is 2.55 bits per heavy atom. The average molecular weight is 451 g/mol. The van der Waals surface area contributed by atoms with Gasteiger partial charge in [0, 0.05) is 20.2 Å². The zero-order valence-electron chi connectivity index (χ0n) is 18.2. The number of hydrogen-bond acceptors (Lipinski definition) is 7. The molecule has 33 heavy (non-hydrogen) atoms. The number of carbonyl (C=O) groups is 2. The fraction of sp³-hybridized carbons (Fsp3) is 0.238.